The summed E-state index contributed by atoms with van der Waals surface area (Å²) < 4.78 is 15.5. The maximum atomic E-state index is 9.28. The highest BCUT2D eigenvalue weighted by molar-refractivity contribution is 6.18. The van der Waals surface area contributed by atoms with Gasteiger partial charge in [0.1, 0.15) is 24.2 Å². The minimum absolute atomic E-state index is 0.329. The molecule has 0 bridgehead atoms. The summed E-state index contributed by atoms with van der Waals surface area (Å²) in [6, 6.07) is 15.6. The Morgan fingerprint density at radius 2 is 1.41 bits per heavy atom. The van der Waals surface area contributed by atoms with E-state index in [9.17, 15) is 5.11 Å². The first-order valence-electron chi connectivity index (χ1n) is 10.2. The van der Waals surface area contributed by atoms with E-state index in [0.29, 0.717) is 42.3 Å². The highest BCUT2D eigenvalue weighted by Crippen LogP contribution is 2.26. The van der Waals surface area contributed by atoms with Gasteiger partial charge in [-0.25, -0.2) is 0 Å². The second kappa shape index (κ2) is 12.1. The first-order chi connectivity index (χ1) is 13.9. The molecule has 4 rings (SSSR count). The molecule has 0 radical (unpaired) electrons. The number of para-hydroxylation sites is 2. The average Bonchev–Trinajstić information content (AvgIpc) is 3.62. The van der Waals surface area contributed by atoms with Gasteiger partial charge >= 0.3 is 0 Å². The highest BCUT2D eigenvalue weighted by atomic mass is 35.5. The Morgan fingerprint density at radius 3 is 1.83 bits per heavy atom. The molecule has 29 heavy (non-hydrogen) atoms. The number of phenolic OH excluding ortho intramolecular Hbond substituents is 1. The molecule has 2 unspecified atom stereocenters. The van der Waals surface area contributed by atoms with E-state index in [4.69, 9.17) is 25.8 Å². The van der Waals surface area contributed by atoms with Crippen LogP contribution in [0.5, 0.6) is 11.5 Å². The van der Waals surface area contributed by atoms with Gasteiger partial charge in [-0.15, -0.1) is 11.6 Å². The monoisotopic (exact) mass is 420 g/mol. The summed E-state index contributed by atoms with van der Waals surface area (Å²) in [7, 11) is 0. The Labute approximate surface area is 179 Å². The van der Waals surface area contributed by atoms with Crippen LogP contribution in [0.25, 0.3) is 0 Å². The standard InChI is InChI=1S/C12H16O2.C9H12O.C3H5ClO/c1-9(2)11-5-3-4-6-12(11)14-8-10-7-13-10;1-7(2)8-5-3-4-6-9(8)10;4-1-3-2-5-3/h3-6,9-10H,7-8H2,1-2H3;3-7,10H,1-2H3;3H,1-2H2. The van der Waals surface area contributed by atoms with Crippen molar-refractivity contribution in [2.24, 2.45) is 0 Å². The van der Waals surface area contributed by atoms with Crippen molar-refractivity contribution in [3.05, 3.63) is 59.7 Å². The zero-order chi connectivity index (χ0) is 21.2. The SMILES string of the molecule is CC(C)c1ccccc1O.CC(C)c1ccccc1OCC1CO1.ClCC1CO1. The molecule has 0 amide bonds. The normalized spacial score (nSPS) is 19.0. The number of phenols is 1. The molecule has 0 aliphatic carbocycles. The maximum Gasteiger partial charge on any atom is 0.122 e. The third-order valence-electron chi connectivity index (χ3n) is 4.50. The summed E-state index contributed by atoms with van der Waals surface area (Å²) in [4.78, 5) is 0. The lowest BCUT2D eigenvalue weighted by Crippen LogP contribution is -2.06. The van der Waals surface area contributed by atoms with E-state index in [1.165, 1.54) is 5.56 Å². The Kier molecular flexibility index (Phi) is 9.79. The number of hydrogen-bond donors (Lipinski definition) is 1. The van der Waals surface area contributed by atoms with Crippen molar-refractivity contribution in [3.8, 4) is 11.5 Å². The summed E-state index contributed by atoms with van der Waals surface area (Å²) >= 11 is 5.27. The van der Waals surface area contributed by atoms with E-state index < -0.39 is 0 Å². The lowest BCUT2D eigenvalue weighted by Gasteiger charge is -2.12. The van der Waals surface area contributed by atoms with Crippen LogP contribution in [0.4, 0.5) is 0 Å². The van der Waals surface area contributed by atoms with Gasteiger partial charge < -0.3 is 19.3 Å². The summed E-state index contributed by atoms with van der Waals surface area (Å²) in [6.45, 7) is 10.9. The van der Waals surface area contributed by atoms with Gasteiger partial charge in [0.2, 0.25) is 0 Å². The topological polar surface area (TPSA) is 54.5 Å². The zero-order valence-electron chi connectivity index (χ0n) is 17.8. The van der Waals surface area contributed by atoms with Gasteiger partial charge in [0, 0.05) is 0 Å². The van der Waals surface area contributed by atoms with Crippen LogP contribution >= 0.6 is 11.6 Å². The van der Waals surface area contributed by atoms with Crippen LogP contribution in [0.3, 0.4) is 0 Å². The second-order valence-corrected chi connectivity index (χ2v) is 8.09. The fourth-order valence-corrected chi connectivity index (χ4v) is 2.75. The van der Waals surface area contributed by atoms with Crippen molar-refractivity contribution in [1.82, 2.24) is 0 Å². The minimum Gasteiger partial charge on any atom is -0.508 e. The van der Waals surface area contributed by atoms with Crippen LogP contribution in [0, 0.1) is 0 Å². The fourth-order valence-electron chi connectivity index (χ4n) is 2.57. The second-order valence-electron chi connectivity index (χ2n) is 7.78. The van der Waals surface area contributed by atoms with Gasteiger partial charge in [-0.1, -0.05) is 64.1 Å². The summed E-state index contributed by atoms with van der Waals surface area (Å²) in [5.74, 6) is 2.98. The predicted octanol–water partition coefficient (Wildman–Crippen LogP) is 5.73. The molecule has 2 aromatic carbocycles. The van der Waals surface area contributed by atoms with E-state index in [-0.39, 0.29) is 0 Å². The molecule has 2 fully saturated rings. The number of alkyl halides is 1. The van der Waals surface area contributed by atoms with Crippen molar-refractivity contribution in [3.63, 3.8) is 0 Å². The lowest BCUT2D eigenvalue weighted by atomic mass is 10.0. The van der Waals surface area contributed by atoms with Gasteiger partial charge in [0.05, 0.1) is 25.2 Å². The van der Waals surface area contributed by atoms with Gasteiger partial charge in [-0.3, -0.25) is 0 Å². The maximum absolute atomic E-state index is 9.28. The van der Waals surface area contributed by atoms with E-state index in [0.717, 1.165) is 24.5 Å². The number of aromatic hydroxyl groups is 1. The molecule has 2 heterocycles. The van der Waals surface area contributed by atoms with Crippen molar-refractivity contribution >= 4 is 11.6 Å². The van der Waals surface area contributed by atoms with Crippen molar-refractivity contribution in [2.75, 3.05) is 25.7 Å². The van der Waals surface area contributed by atoms with Crippen molar-refractivity contribution < 1.29 is 19.3 Å². The Hall–Kier alpha value is -1.75. The Balaban J connectivity index is 0.000000173. The molecule has 2 saturated heterocycles. The van der Waals surface area contributed by atoms with E-state index in [1.807, 2.05) is 30.3 Å². The van der Waals surface area contributed by atoms with Crippen LogP contribution in [-0.4, -0.2) is 43.0 Å². The third kappa shape index (κ3) is 9.07. The summed E-state index contributed by atoms with van der Waals surface area (Å²) in [6.07, 6.45) is 0.729. The summed E-state index contributed by atoms with van der Waals surface area (Å²) in [5.41, 5.74) is 2.29. The van der Waals surface area contributed by atoms with E-state index in [2.05, 4.69) is 39.8 Å². The van der Waals surface area contributed by atoms with Gasteiger partial charge in [0.25, 0.3) is 0 Å². The van der Waals surface area contributed by atoms with Crippen molar-refractivity contribution in [1.29, 1.82) is 0 Å². The van der Waals surface area contributed by atoms with Gasteiger partial charge in [-0.2, -0.15) is 0 Å². The Bertz CT molecular complexity index is 724. The number of rotatable bonds is 6. The largest absolute Gasteiger partial charge is 0.508 e. The molecule has 0 saturated carbocycles. The predicted molar refractivity (Wildman–Crippen MR) is 118 cm³/mol. The molecule has 2 aromatic rings. The average molecular weight is 421 g/mol. The fraction of sp³-hybridized carbons (Fsp3) is 0.500. The van der Waals surface area contributed by atoms with Crippen LogP contribution in [-0.2, 0) is 9.47 Å². The first kappa shape index (κ1) is 23.5. The molecule has 160 valence electrons. The molecule has 4 nitrogen and oxygen atoms in total. The lowest BCUT2D eigenvalue weighted by molar-refractivity contribution is 0.260. The third-order valence-corrected chi connectivity index (χ3v) is 4.85. The number of ether oxygens (including phenoxy) is 3. The highest BCUT2D eigenvalue weighted by Gasteiger charge is 2.23. The van der Waals surface area contributed by atoms with Crippen LogP contribution in [0.2, 0.25) is 0 Å². The number of hydrogen-bond acceptors (Lipinski definition) is 4. The molecule has 2 aliphatic rings. The molecule has 2 aliphatic heterocycles. The molecule has 2 atom stereocenters. The van der Waals surface area contributed by atoms with Crippen LogP contribution < -0.4 is 4.74 Å². The quantitative estimate of drug-likeness (QED) is 0.479. The number of epoxide rings is 2. The Morgan fingerprint density at radius 1 is 0.897 bits per heavy atom. The molecule has 5 heteroatoms. The van der Waals surface area contributed by atoms with Gasteiger partial charge in [-0.05, 0) is 35.1 Å². The molecule has 0 aromatic heterocycles. The smallest absolute Gasteiger partial charge is 0.122 e. The molecule has 0 spiro atoms. The molecular weight excluding hydrogens is 388 g/mol. The van der Waals surface area contributed by atoms with Gasteiger partial charge in [0.15, 0.2) is 0 Å². The van der Waals surface area contributed by atoms with E-state index >= 15 is 0 Å². The van der Waals surface area contributed by atoms with E-state index in [1.54, 1.807) is 6.07 Å². The molecule has 1 N–H and O–H groups in total. The zero-order valence-corrected chi connectivity index (χ0v) is 18.6. The minimum atomic E-state index is 0.329. The summed E-state index contributed by atoms with van der Waals surface area (Å²) in [5, 5.41) is 9.28. The van der Waals surface area contributed by atoms with Crippen LogP contribution in [0.15, 0.2) is 48.5 Å². The number of benzene rings is 2. The van der Waals surface area contributed by atoms with Crippen LogP contribution in [0.1, 0.15) is 50.7 Å². The number of halogens is 1. The first-order valence-corrected chi connectivity index (χ1v) is 10.7. The van der Waals surface area contributed by atoms with Crippen molar-refractivity contribution in [2.45, 2.75) is 51.7 Å². The molecular formula is C24H33ClO4.